The van der Waals surface area contributed by atoms with Gasteiger partial charge in [0.05, 0.1) is 13.2 Å². The Balaban J connectivity index is 3.43. The Morgan fingerprint density at radius 1 is 0.535 bits per heavy atom. The van der Waals surface area contributed by atoms with Crippen molar-refractivity contribution < 1.29 is 19.4 Å². The van der Waals surface area contributed by atoms with Crippen LogP contribution in [0.2, 0.25) is 0 Å². The van der Waals surface area contributed by atoms with Crippen LogP contribution in [0.5, 0.6) is 0 Å². The van der Waals surface area contributed by atoms with Crippen LogP contribution in [0.1, 0.15) is 194 Å². The highest BCUT2D eigenvalue weighted by Gasteiger charge is 2.13. The van der Waals surface area contributed by atoms with E-state index < -0.39 is 6.10 Å². The fourth-order valence-corrected chi connectivity index (χ4v) is 5.38. The maximum Gasteiger partial charge on any atom is 0.306 e. The molecule has 0 saturated heterocycles. The molecule has 1 atom stereocenters. The molecule has 0 aromatic rings. The minimum absolute atomic E-state index is 0.174. The first-order valence-corrected chi connectivity index (χ1v) is 18.9. The van der Waals surface area contributed by atoms with Gasteiger partial charge in [0.2, 0.25) is 0 Å². The van der Waals surface area contributed by atoms with E-state index in [0.29, 0.717) is 19.6 Å². The van der Waals surface area contributed by atoms with Gasteiger partial charge in [-0.1, -0.05) is 147 Å². The van der Waals surface area contributed by atoms with Crippen molar-refractivity contribution in [3.8, 4) is 0 Å². The molecule has 0 aliphatic rings. The summed E-state index contributed by atoms with van der Waals surface area (Å²) in [7, 11) is 0. The van der Waals surface area contributed by atoms with E-state index in [2.05, 4.69) is 38.2 Å². The van der Waals surface area contributed by atoms with Crippen LogP contribution in [0.15, 0.2) is 24.3 Å². The number of carbonyl (C=O) groups is 1. The number of esters is 1. The number of unbranched alkanes of at least 4 members (excludes halogenated alkanes) is 23. The summed E-state index contributed by atoms with van der Waals surface area (Å²) in [5.74, 6) is -0.210. The Kier molecular flexibility index (Phi) is 36.1. The van der Waals surface area contributed by atoms with Crippen LogP contribution < -0.4 is 0 Å². The molecule has 254 valence electrons. The molecular formula is C39H74O4. The summed E-state index contributed by atoms with van der Waals surface area (Å²) in [6.07, 6.45) is 43.6. The number of allylic oxidation sites excluding steroid dienone is 4. The van der Waals surface area contributed by atoms with Gasteiger partial charge in [-0.3, -0.25) is 4.79 Å². The van der Waals surface area contributed by atoms with Gasteiger partial charge < -0.3 is 14.6 Å². The van der Waals surface area contributed by atoms with Crippen LogP contribution in [0, 0.1) is 0 Å². The number of aliphatic hydroxyl groups is 1. The molecule has 1 N–H and O–H groups in total. The number of hydrogen-bond donors (Lipinski definition) is 1. The lowest BCUT2D eigenvalue weighted by atomic mass is 10.1. The van der Waals surface area contributed by atoms with Gasteiger partial charge in [-0.05, 0) is 64.2 Å². The van der Waals surface area contributed by atoms with Gasteiger partial charge in [0.1, 0.15) is 6.10 Å². The molecule has 0 heterocycles. The van der Waals surface area contributed by atoms with Crippen molar-refractivity contribution >= 4 is 5.97 Å². The fourth-order valence-electron chi connectivity index (χ4n) is 5.38. The average Bonchev–Trinajstić information content (AvgIpc) is 3.01. The third kappa shape index (κ3) is 35.2. The molecule has 0 aliphatic heterocycles. The van der Waals surface area contributed by atoms with Gasteiger partial charge in [-0.15, -0.1) is 0 Å². The Bertz CT molecular complexity index is 600. The van der Waals surface area contributed by atoms with Gasteiger partial charge >= 0.3 is 5.97 Å². The maximum absolute atomic E-state index is 12.1. The van der Waals surface area contributed by atoms with E-state index in [-0.39, 0.29) is 12.6 Å². The molecule has 4 nitrogen and oxygen atoms in total. The van der Waals surface area contributed by atoms with E-state index in [4.69, 9.17) is 9.47 Å². The predicted octanol–water partition coefficient (Wildman–Crippen LogP) is 12.0. The van der Waals surface area contributed by atoms with E-state index in [1.165, 1.54) is 154 Å². The Labute approximate surface area is 268 Å². The van der Waals surface area contributed by atoms with Crippen molar-refractivity contribution in [1.29, 1.82) is 0 Å². The van der Waals surface area contributed by atoms with E-state index in [1.807, 2.05) is 0 Å². The zero-order chi connectivity index (χ0) is 31.3. The Morgan fingerprint density at radius 2 is 0.907 bits per heavy atom. The number of carbonyl (C=O) groups excluding carboxylic acids is 1. The molecule has 0 aromatic heterocycles. The van der Waals surface area contributed by atoms with Crippen LogP contribution in [0.3, 0.4) is 0 Å². The van der Waals surface area contributed by atoms with Crippen molar-refractivity contribution in [2.24, 2.45) is 0 Å². The SMILES string of the molecule is CCCCCC/C=C\CCCCCCCC(=O)OC(CO)COCCCCCCCCCC/C=C\CCCCCCCC. The summed E-state index contributed by atoms with van der Waals surface area (Å²) in [5.41, 5.74) is 0. The van der Waals surface area contributed by atoms with Crippen molar-refractivity contribution in [3.63, 3.8) is 0 Å². The van der Waals surface area contributed by atoms with Crippen molar-refractivity contribution in [1.82, 2.24) is 0 Å². The highest BCUT2D eigenvalue weighted by Crippen LogP contribution is 2.12. The minimum Gasteiger partial charge on any atom is -0.457 e. The van der Waals surface area contributed by atoms with Crippen LogP contribution in [-0.2, 0) is 14.3 Å². The second-order valence-electron chi connectivity index (χ2n) is 12.6. The molecule has 4 heteroatoms. The standard InChI is InChI=1S/C39H74O4/c1-3-5-7-9-11-13-15-17-18-19-20-21-23-25-27-29-31-33-35-42-37-38(36-40)43-39(41)34-32-30-28-26-24-22-16-14-12-10-8-6-4-2/h14,16-18,38,40H,3-13,15,19-37H2,1-2H3/b16-14-,18-17-. The molecule has 0 rings (SSSR count). The van der Waals surface area contributed by atoms with Crippen molar-refractivity contribution in [2.45, 2.75) is 200 Å². The van der Waals surface area contributed by atoms with Crippen molar-refractivity contribution in [3.05, 3.63) is 24.3 Å². The number of aliphatic hydroxyl groups excluding tert-OH is 1. The Morgan fingerprint density at radius 3 is 1.35 bits per heavy atom. The predicted molar refractivity (Wildman–Crippen MR) is 187 cm³/mol. The summed E-state index contributed by atoms with van der Waals surface area (Å²) in [4.78, 5) is 12.1. The van der Waals surface area contributed by atoms with E-state index in [1.54, 1.807) is 0 Å². The van der Waals surface area contributed by atoms with Crippen LogP contribution >= 0.6 is 0 Å². The van der Waals surface area contributed by atoms with Gasteiger partial charge in [0.25, 0.3) is 0 Å². The molecule has 43 heavy (non-hydrogen) atoms. The molecule has 0 spiro atoms. The van der Waals surface area contributed by atoms with Crippen LogP contribution in [0.4, 0.5) is 0 Å². The first kappa shape index (κ1) is 41.9. The quantitative estimate of drug-likeness (QED) is 0.0443. The minimum atomic E-state index is -0.536. The average molecular weight is 607 g/mol. The van der Waals surface area contributed by atoms with Gasteiger partial charge in [-0.25, -0.2) is 0 Å². The lowest BCUT2D eigenvalue weighted by molar-refractivity contribution is -0.154. The summed E-state index contributed by atoms with van der Waals surface area (Å²) >= 11 is 0. The molecule has 0 saturated carbocycles. The highest BCUT2D eigenvalue weighted by molar-refractivity contribution is 5.69. The van der Waals surface area contributed by atoms with E-state index in [0.717, 1.165) is 19.3 Å². The summed E-state index contributed by atoms with van der Waals surface area (Å²) in [5, 5.41) is 9.55. The van der Waals surface area contributed by atoms with Gasteiger partial charge in [-0.2, -0.15) is 0 Å². The molecule has 0 radical (unpaired) electrons. The first-order chi connectivity index (χ1) is 21.2. The van der Waals surface area contributed by atoms with Crippen molar-refractivity contribution in [2.75, 3.05) is 19.8 Å². The monoisotopic (exact) mass is 607 g/mol. The molecule has 0 bridgehead atoms. The zero-order valence-electron chi connectivity index (χ0n) is 29.0. The molecular weight excluding hydrogens is 532 g/mol. The van der Waals surface area contributed by atoms with Crippen LogP contribution in [0.25, 0.3) is 0 Å². The molecule has 0 aromatic carbocycles. The van der Waals surface area contributed by atoms with E-state index in [9.17, 15) is 9.90 Å². The second kappa shape index (κ2) is 37.1. The first-order valence-electron chi connectivity index (χ1n) is 18.9. The highest BCUT2D eigenvalue weighted by atomic mass is 16.6. The summed E-state index contributed by atoms with van der Waals surface area (Å²) < 4.78 is 11.1. The van der Waals surface area contributed by atoms with E-state index >= 15 is 0 Å². The topological polar surface area (TPSA) is 55.8 Å². The normalized spacial score (nSPS) is 12.5. The van der Waals surface area contributed by atoms with Gasteiger partial charge in [0, 0.05) is 13.0 Å². The maximum atomic E-state index is 12.1. The molecule has 0 amide bonds. The second-order valence-corrected chi connectivity index (χ2v) is 12.6. The Hall–Kier alpha value is -1.13. The number of ether oxygens (including phenoxy) is 2. The lowest BCUT2D eigenvalue weighted by Crippen LogP contribution is -2.27. The number of hydrogen-bond acceptors (Lipinski definition) is 4. The molecule has 0 fully saturated rings. The summed E-state index contributed by atoms with van der Waals surface area (Å²) in [6, 6.07) is 0. The zero-order valence-corrected chi connectivity index (χ0v) is 29.0. The smallest absolute Gasteiger partial charge is 0.306 e. The largest absolute Gasteiger partial charge is 0.457 e. The number of rotatable bonds is 35. The third-order valence-corrected chi connectivity index (χ3v) is 8.25. The molecule has 1 unspecified atom stereocenters. The third-order valence-electron chi connectivity index (χ3n) is 8.25. The van der Waals surface area contributed by atoms with Crippen LogP contribution in [-0.4, -0.2) is 37.0 Å². The summed E-state index contributed by atoms with van der Waals surface area (Å²) in [6.45, 7) is 5.32. The molecule has 0 aliphatic carbocycles. The lowest BCUT2D eigenvalue weighted by Gasteiger charge is -2.15. The van der Waals surface area contributed by atoms with Gasteiger partial charge in [0.15, 0.2) is 0 Å². The fraction of sp³-hybridized carbons (Fsp3) is 0.872.